The van der Waals surface area contributed by atoms with Crippen molar-refractivity contribution in [1.82, 2.24) is 0 Å². The molecule has 2 rings (SSSR count). The smallest absolute Gasteiger partial charge is 0.255 e. The molecule has 0 aliphatic heterocycles. The van der Waals surface area contributed by atoms with E-state index in [-0.39, 0.29) is 11.3 Å². The molecule has 0 heterocycles. The zero-order valence-corrected chi connectivity index (χ0v) is 9.99. The van der Waals surface area contributed by atoms with Crippen molar-refractivity contribution in [1.29, 1.82) is 0 Å². The lowest BCUT2D eigenvalue weighted by Gasteiger charge is -2.06. The van der Waals surface area contributed by atoms with Gasteiger partial charge in [0.2, 0.25) is 0 Å². The van der Waals surface area contributed by atoms with Crippen molar-refractivity contribution in [3.05, 3.63) is 65.0 Å². The van der Waals surface area contributed by atoms with Crippen LogP contribution in [0, 0.1) is 17.5 Å². The third kappa shape index (κ3) is 2.85. The minimum absolute atomic E-state index is 0.282. The molecule has 3 nitrogen and oxygen atoms in total. The summed E-state index contributed by atoms with van der Waals surface area (Å²) in [6, 6.07) is 7.14. The zero-order chi connectivity index (χ0) is 14.7. The Morgan fingerprint density at radius 2 is 1.70 bits per heavy atom. The van der Waals surface area contributed by atoms with Crippen molar-refractivity contribution < 1.29 is 22.8 Å². The standard InChI is InChI=1S/C14H8F3NO2/c15-11-5-9(6-12(16)13(11)17)14(20)18-10-3-1-2-8(4-10)7-19/h1-7H,(H,18,20). The summed E-state index contributed by atoms with van der Waals surface area (Å²) in [5.41, 5.74) is 0.252. The van der Waals surface area contributed by atoms with E-state index < -0.39 is 23.4 Å². The van der Waals surface area contributed by atoms with E-state index in [1.165, 1.54) is 24.3 Å². The predicted molar refractivity (Wildman–Crippen MR) is 66.1 cm³/mol. The van der Waals surface area contributed by atoms with Crippen molar-refractivity contribution in [3.8, 4) is 0 Å². The van der Waals surface area contributed by atoms with E-state index in [9.17, 15) is 22.8 Å². The molecule has 1 amide bonds. The van der Waals surface area contributed by atoms with Crippen LogP contribution >= 0.6 is 0 Å². The number of hydrogen-bond donors (Lipinski definition) is 1. The Balaban J connectivity index is 2.26. The fraction of sp³-hybridized carbons (Fsp3) is 0. The molecule has 0 atom stereocenters. The predicted octanol–water partition coefficient (Wildman–Crippen LogP) is 3.17. The third-order valence-corrected chi connectivity index (χ3v) is 2.53. The van der Waals surface area contributed by atoms with Gasteiger partial charge in [0.1, 0.15) is 6.29 Å². The largest absolute Gasteiger partial charge is 0.322 e. The summed E-state index contributed by atoms with van der Waals surface area (Å²) in [6.45, 7) is 0. The molecule has 0 aliphatic carbocycles. The van der Waals surface area contributed by atoms with E-state index in [1.807, 2.05) is 0 Å². The van der Waals surface area contributed by atoms with Gasteiger partial charge in [0, 0.05) is 16.8 Å². The van der Waals surface area contributed by atoms with Gasteiger partial charge in [0.05, 0.1) is 0 Å². The molecule has 0 aromatic heterocycles. The lowest BCUT2D eigenvalue weighted by atomic mass is 10.1. The van der Waals surface area contributed by atoms with Gasteiger partial charge < -0.3 is 5.32 Å². The van der Waals surface area contributed by atoms with Crippen LogP contribution in [-0.2, 0) is 0 Å². The van der Waals surface area contributed by atoms with Crippen molar-refractivity contribution in [2.24, 2.45) is 0 Å². The maximum absolute atomic E-state index is 13.0. The van der Waals surface area contributed by atoms with Gasteiger partial charge in [-0.2, -0.15) is 0 Å². The second-order valence-corrected chi connectivity index (χ2v) is 3.95. The van der Waals surface area contributed by atoms with Gasteiger partial charge in [0.15, 0.2) is 17.5 Å². The van der Waals surface area contributed by atoms with Gasteiger partial charge in [-0.3, -0.25) is 9.59 Å². The third-order valence-electron chi connectivity index (χ3n) is 2.53. The van der Waals surface area contributed by atoms with Crippen LogP contribution in [0.15, 0.2) is 36.4 Å². The molecule has 2 aromatic carbocycles. The molecular formula is C14H8F3NO2. The summed E-state index contributed by atoms with van der Waals surface area (Å²) >= 11 is 0. The highest BCUT2D eigenvalue weighted by Crippen LogP contribution is 2.16. The molecule has 0 saturated heterocycles. The summed E-state index contributed by atoms with van der Waals surface area (Å²) in [5.74, 6) is -5.34. The van der Waals surface area contributed by atoms with E-state index in [1.54, 1.807) is 0 Å². The number of aldehydes is 1. The SMILES string of the molecule is O=Cc1cccc(NC(=O)c2cc(F)c(F)c(F)c2)c1. The molecule has 1 N–H and O–H groups in total. The van der Waals surface area contributed by atoms with Gasteiger partial charge in [-0.05, 0) is 24.3 Å². The fourth-order valence-corrected chi connectivity index (χ4v) is 1.58. The quantitative estimate of drug-likeness (QED) is 0.693. The van der Waals surface area contributed by atoms with Crippen LogP contribution in [0.2, 0.25) is 0 Å². The highest BCUT2D eigenvalue weighted by atomic mass is 19.2. The summed E-state index contributed by atoms with van der Waals surface area (Å²) in [6.07, 6.45) is 0.590. The van der Waals surface area contributed by atoms with Crippen LogP contribution in [-0.4, -0.2) is 12.2 Å². The minimum atomic E-state index is -1.63. The monoisotopic (exact) mass is 279 g/mol. The lowest BCUT2D eigenvalue weighted by Crippen LogP contribution is -2.13. The Bertz CT molecular complexity index is 663. The van der Waals surface area contributed by atoms with Crippen LogP contribution in [0.3, 0.4) is 0 Å². The number of hydrogen-bond acceptors (Lipinski definition) is 2. The Morgan fingerprint density at radius 3 is 2.30 bits per heavy atom. The van der Waals surface area contributed by atoms with Crippen LogP contribution in [0.25, 0.3) is 0 Å². The fourth-order valence-electron chi connectivity index (χ4n) is 1.58. The second-order valence-electron chi connectivity index (χ2n) is 3.95. The number of benzene rings is 2. The number of rotatable bonds is 3. The second kappa shape index (κ2) is 5.56. The first-order chi connectivity index (χ1) is 9.51. The molecule has 0 bridgehead atoms. The molecule has 102 valence electrons. The molecule has 0 spiro atoms. The van der Waals surface area contributed by atoms with Crippen LogP contribution in [0.5, 0.6) is 0 Å². The number of carbonyl (C=O) groups excluding carboxylic acids is 2. The normalized spacial score (nSPS) is 10.2. The zero-order valence-electron chi connectivity index (χ0n) is 9.99. The van der Waals surface area contributed by atoms with Crippen LogP contribution in [0.1, 0.15) is 20.7 Å². The first-order valence-electron chi connectivity index (χ1n) is 5.52. The van der Waals surface area contributed by atoms with Crippen molar-refractivity contribution >= 4 is 17.9 Å². The van der Waals surface area contributed by atoms with Gasteiger partial charge >= 0.3 is 0 Å². The Labute approximate surface area is 112 Å². The Kier molecular flexibility index (Phi) is 3.84. The van der Waals surface area contributed by atoms with Crippen molar-refractivity contribution in [3.63, 3.8) is 0 Å². The highest BCUT2D eigenvalue weighted by molar-refractivity contribution is 6.04. The van der Waals surface area contributed by atoms with Crippen molar-refractivity contribution in [2.75, 3.05) is 5.32 Å². The number of halogens is 3. The van der Waals surface area contributed by atoms with E-state index in [0.29, 0.717) is 24.0 Å². The van der Waals surface area contributed by atoms with Crippen LogP contribution < -0.4 is 5.32 Å². The first kappa shape index (κ1) is 13.8. The number of amides is 1. The first-order valence-corrected chi connectivity index (χ1v) is 5.52. The summed E-state index contributed by atoms with van der Waals surface area (Å²) < 4.78 is 38.8. The van der Waals surface area contributed by atoms with E-state index >= 15 is 0 Å². The van der Waals surface area contributed by atoms with Gasteiger partial charge in [-0.25, -0.2) is 13.2 Å². The van der Waals surface area contributed by atoms with Crippen molar-refractivity contribution in [2.45, 2.75) is 0 Å². The topological polar surface area (TPSA) is 46.2 Å². The van der Waals surface area contributed by atoms with Gasteiger partial charge in [-0.1, -0.05) is 12.1 Å². The maximum atomic E-state index is 13.0. The summed E-state index contributed by atoms with van der Waals surface area (Å²) in [5, 5.41) is 2.35. The molecule has 0 radical (unpaired) electrons. The molecule has 20 heavy (non-hydrogen) atoms. The van der Waals surface area contributed by atoms with E-state index in [4.69, 9.17) is 0 Å². The molecule has 0 saturated carbocycles. The summed E-state index contributed by atoms with van der Waals surface area (Å²) in [4.78, 5) is 22.4. The number of anilines is 1. The minimum Gasteiger partial charge on any atom is -0.322 e. The Hall–Kier alpha value is -2.63. The molecule has 6 heteroatoms. The molecule has 0 fully saturated rings. The number of nitrogens with one attached hydrogen (secondary N) is 1. The summed E-state index contributed by atoms with van der Waals surface area (Å²) in [7, 11) is 0. The van der Waals surface area contributed by atoms with Gasteiger partial charge in [-0.15, -0.1) is 0 Å². The van der Waals surface area contributed by atoms with E-state index in [2.05, 4.69) is 5.32 Å². The Morgan fingerprint density at radius 1 is 1.05 bits per heavy atom. The van der Waals surface area contributed by atoms with E-state index in [0.717, 1.165) is 0 Å². The highest BCUT2D eigenvalue weighted by Gasteiger charge is 2.15. The van der Waals surface area contributed by atoms with Gasteiger partial charge in [0.25, 0.3) is 5.91 Å². The average Bonchev–Trinajstić information content (AvgIpc) is 2.44. The number of carbonyl (C=O) groups is 2. The average molecular weight is 279 g/mol. The lowest BCUT2D eigenvalue weighted by molar-refractivity contribution is 0.102. The molecule has 0 unspecified atom stereocenters. The molecule has 2 aromatic rings. The molecular weight excluding hydrogens is 271 g/mol. The van der Waals surface area contributed by atoms with Crippen LogP contribution in [0.4, 0.5) is 18.9 Å². The molecule has 0 aliphatic rings. The maximum Gasteiger partial charge on any atom is 0.255 e.